The molecular weight excluding hydrogens is 494 g/mol. The molecule has 0 bridgehead atoms. The molecule has 2 aromatic heterocycles. The molecule has 0 radical (unpaired) electrons. The zero-order valence-electron chi connectivity index (χ0n) is 21.6. The average Bonchev–Trinajstić information content (AvgIpc) is 3.63. The normalized spacial score (nSPS) is 11.7. The molecule has 1 atom stereocenters. The first kappa shape index (κ1) is 25.7. The molecule has 1 N–H and O–H groups in total. The molecule has 39 heavy (non-hydrogen) atoms. The number of rotatable bonds is 11. The standard InChI is InChI=1S/C30H29N5O4/c1-2-38-27-17-9-6-14-24(27)29(30(37)31-19-22-11-4-3-5-12-22)34(20-23-13-10-18-39-23)28(36)21-35-26-16-8-7-15-25(26)32-33-35/h3-18,29H,2,19-21H2,1H3,(H,31,37)/t29-/m1/s1. The predicted octanol–water partition coefficient (Wildman–Crippen LogP) is 4.51. The molecule has 0 fully saturated rings. The van der Waals surface area contributed by atoms with Crippen molar-refractivity contribution in [1.29, 1.82) is 0 Å². The zero-order chi connectivity index (χ0) is 27.0. The van der Waals surface area contributed by atoms with Gasteiger partial charge in [0.15, 0.2) is 0 Å². The number of benzene rings is 3. The number of para-hydroxylation sites is 2. The van der Waals surface area contributed by atoms with Gasteiger partial charge in [0, 0.05) is 12.1 Å². The van der Waals surface area contributed by atoms with Gasteiger partial charge in [-0.05, 0) is 42.8 Å². The minimum absolute atomic E-state index is 0.0718. The number of nitrogens with one attached hydrogen (secondary N) is 1. The molecule has 3 aromatic carbocycles. The summed E-state index contributed by atoms with van der Waals surface area (Å²) in [4.78, 5) is 29.5. The molecule has 9 nitrogen and oxygen atoms in total. The number of aromatic nitrogens is 3. The molecule has 9 heteroatoms. The maximum absolute atomic E-state index is 14.0. The van der Waals surface area contributed by atoms with Crippen LogP contribution in [0.2, 0.25) is 0 Å². The van der Waals surface area contributed by atoms with Crippen molar-refractivity contribution in [3.63, 3.8) is 0 Å². The Morgan fingerprint density at radius 2 is 1.74 bits per heavy atom. The molecular formula is C30H29N5O4. The number of nitrogens with zero attached hydrogens (tertiary/aromatic N) is 4. The van der Waals surface area contributed by atoms with Crippen LogP contribution in [0.4, 0.5) is 0 Å². The quantitative estimate of drug-likeness (QED) is 0.273. The number of fused-ring (bicyclic) bond motifs is 1. The van der Waals surface area contributed by atoms with E-state index in [2.05, 4.69) is 15.6 Å². The number of amides is 2. The number of carbonyl (C=O) groups is 2. The SMILES string of the molecule is CCOc1ccccc1[C@H](C(=O)NCc1ccccc1)N(Cc1ccco1)C(=O)Cn1nnc2ccccc21. The van der Waals surface area contributed by atoms with Crippen LogP contribution in [-0.4, -0.2) is 38.3 Å². The van der Waals surface area contributed by atoms with Crippen molar-refractivity contribution < 1.29 is 18.7 Å². The summed E-state index contributed by atoms with van der Waals surface area (Å²) in [6.45, 7) is 2.56. The number of ether oxygens (including phenoxy) is 1. The van der Waals surface area contributed by atoms with E-state index in [4.69, 9.17) is 9.15 Å². The zero-order valence-corrected chi connectivity index (χ0v) is 21.6. The van der Waals surface area contributed by atoms with Crippen LogP contribution in [0.15, 0.2) is 102 Å². The van der Waals surface area contributed by atoms with Crippen molar-refractivity contribution in [1.82, 2.24) is 25.2 Å². The summed E-state index contributed by atoms with van der Waals surface area (Å²) in [6.07, 6.45) is 1.54. The van der Waals surface area contributed by atoms with Gasteiger partial charge in [0.05, 0.1) is 24.9 Å². The third-order valence-corrected chi connectivity index (χ3v) is 6.31. The van der Waals surface area contributed by atoms with Gasteiger partial charge in [-0.15, -0.1) is 5.10 Å². The molecule has 5 aromatic rings. The Labute approximate surface area is 226 Å². The largest absolute Gasteiger partial charge is 0.494 e. The second-order valence-corrected chi connectivity index (χ2v) is 8.91. The van der Waals surface area contributed by atoms with E-state index in [0.29, 0.717) is 35.7 Å². The second kappa shape index (κ2) is 12.1. The summed E-state index contributed by atoms with van der Waals surface area (Å²) in [5, 5.41) is 11.4. The first-order valence-electron chi connectivity index (χ1n) is 12.8. The van der Waals surface area contributed by atoms with Crippen molar-refractivity contribution in [3.8, 4) is 5.75 Å². The van der Waals surface area contributed by atoms with Crippen LogP contribution in [0.1, 0.15) is 29.9 Å². The Kier molecular flexibility index (Phi) is 7.97. The van der Waals surface area contributed by atoms with Crippen molar-refractivity contribution in [2.24, 2.45) is 0 Å². The summed E-state index contributed by atoms with van der Waals surface area (Å²) >= 11 is 0. The molecule has 0 spiro atoms. The number of hydrogen-bond acceptors (Lipinski definition) is 6. The highest BCUT2D eigenvalue weighted by Crippen LogP contribution is 2.32. The summed E-state index contributed by atoms with van der Waals surface area (Å²) in [6, 6.07) is 26.9. The summed E-state index contributed by atoms with van der Waals surface area (Å²) in [5.74, 6) is 0.410. The van der Waals surface area contributed by atoms with E-state index in [0.717, 1.165) is 11.1 Å². The smallest absolute Gasteiger partial charge is 0.247 e. The first-order valence-corrected chi connectivity index (χ1v) is 12.8. The van der Waals surface area contributed by atoms with Gasteiger partial charge >= 0.3 is 0 Å². The van der Waals surface area contributed by atoms with Gasteiger partial charge in [-0.3, -0.25) is 9.59 Å². The molecule has 0 aliphatic heterocycles. The summed E-state index contributed by atoms with van der Waals surface area (Å²) in [5.41, 5.74) is 2.93. The van der Waals surface area contributed by atoms with Crippen molar-refractivity contribution >= 4 is 22.8 Å². The van der Waals surface area contributed by atoms with E-state index in [1.54, 1.807) is 29.1 Å². The van der Waals surface area contributed by atoms with E-state index in [9.17, 15) is 9.59 Å². The highest BCUT2D eigenvalue weighted by atomic mass is 16.5. The molecule has 0 aliphatic rings. The number of hydrogen-bond donors (Lipinski definition) is 1. The maximum Gasteiger partial charge on any atom is 0.247 e. The van der Waals surface area contributed by atoms with Crippen LogP contribution in [-0.2, 0) is 29.2 Å². The van der Waals surface area contributed by atoms with Crippen LogP contribution in [0.3, 0.4) is 0 Å². The van der Waals surface area contributed by atoms with Crippen molar-refractivity contribution in [2.45, 2.75) is 32.6 Å². The third kappa shape index (κ3) is 5.98. The molecule has 198 valence electrons. The lowest BCUT2D eigenvalue weighted by Gasteiger charge is -2.31. The van der Waals surface area contributed by atoms with Gasteiger partial charge in [-0.1, -0.05) is 65.9 Å². The molecule has 0 saturated carbocycles. The second-order valence-electron chi connectivity index (χ2n) is 8.91. The Balaban J connectivity index is 1.53. The monoisotopic (exact) mass is 523 g/mol. The highest BCUT2D eigenvalue weighted by molar-refractivity contribution is 5.89. The molecule has 5 rings (SSSR count). The van der Waals surface area contributed by atoms with E-state index in [1.807, 2.05) is 79.7 Å². The minimum Gasteiger partial charge on any atom is -0.494 e. The van der Waals surface area contributed by atoms with Gasteiger partial charge in [-0.2, -0.15) is 0 Å². The third-order valence-electron chi connectivity index (χ3n) is 6.31. The minimum atomic E-state index is -0.996. The number of carbonyl (C=O) groups excluding carboxylic acids is 2. The lowest BCUT2D eigenvalue weighted by molar-refractivity contribution is -0.142. The molecule has 2 amide bonds. The maximum atomic E-state index is 14.0. The summed E-state index contributed by atoms with van der Waals surface area (Å²) in [7, 11) is 0. The predicted molar refractivity (Wildman–Crippen MR) is 145 cm³/mol. The van der Waals surface area contributed by atoms with Crippen molar-refractivity contribution in [2.75, 3.05) is 6.61 Å². The topological polar surface area (TPSA) is 102 Å². The van der Waals surface area contributed by atoms with Gasteiger partial charge in [-0.25, -0.2) is 4.68 Å². The molecule has 0 saturated heterocycles. The Morgan fingerprint density at radius 3 is 2.54 bits per heavy atom. The fourth-order valence-corrected chi connectivity index (χ4v) is 4.47. The number of furan rings is 1. The fourth-order valence-electron chi connectivity index (χ4n) is 4.47. The lowest BCUT2D eigenvalue weighted by Crippen LogP contribution is -2.44. The van der Waals surface area contributed by atoms with Crippen molar-refractivity contribution in [3.05, 3.63) is 114 Å². The summed E-state index contributed by atoms with van der Waals surface area (Å²) < 4.78 is 13.0. The van der Waals surface area contributed by atoms with E-state index < -0.39 is 6.04 Å². The van der Waals surface area contributed by atoms with Crippen LogP contribution in [0, 0.1) is 0 Å². The van der Waals surface area contributed by atoms with E-state index in [1.165, 1.54) is 4.90 Å². The fraction of sp³-hybridized carbons (Fsp3) is 0.200. The van der Waals surface area contributed by atoms with Gasteiger partial charge in [0.1, 0.15) is 29.6 Å². The molecule has 0 aliphatic carbocycles. The Morgan fingerprint density at radius 1 is 0.974 bits per heavy atom. The lowest BCUT2D eigenvalue weighted by atomic mass is 10.0. The highest BCUT2D eigenvalue weighted by Gasteiger charge is 2.34. The molecule has 2 heterocycles. The Bertz CT molecular complexity index is 1530. The van der Waals surface area contributed by atoms with Gasteiger partial charge in [0.25, 0.3) is 0 Å². The average molecular weight is 524 g/mol. The molecule has 0 unspecified atom stereocenters. The van der Waals surface area contributed by atoms with E-state index >= 15 is 0 Å². The van der Waals surface area contributed by atoms with Crippen LogP contribution >= 0.6 is 0 Å². The van der Waals surface area contributed by atoms with E-state index in [-0.39, 0.29) is 24.9 Å². The van der Waals surface area contributed by atoms with Crippen LogP contribution < -0.4 is 10.1 Å². The Hall–Kier alpha value is -4.92. The van der Waals surface area contributed by atoms with Gasteiger partial charge in [0.2, 0.25) is 11.8 Å². The van der Waals surface area contributed by atoms with Crippen LogP contribution in [0.25, 0.3) is 11.0 Å². The van der Waals surface area contributed by atoms with Crippen LogP contribution in [0.5, 0.6) is 5.75 Å². The van der Waals surface area contributed by atoms with Gasteiger partial charge < -0.3 is 19.4 Å². The first-order chi connectivity index (χ1) is 19.1.